The molecule has 130 valence electrons. The molecule has 1 aromatic carbocycles. The highest BCUT2D eigenvalue weighted by molar-refractivity contribution is 5.96. The van der Waals surface area contributed by atoms with Crippen molar-refractivity contribution in [2.45, 2.75) is 32.1 Å². The molecule has 6 nitrogen and oxygen atoms in total. The number of hydrogen-bond donors (Lipinski definition) is 2. The summed E-state index contributed by atoms with van der Waals surface area (Å²) in [5.74, 6) is -2.83. The Morgan fingerprint density at radius 1 is 1.12 bits per heavy atom. The van der Waals surface area contributed by atoms with Crippen LogP contribution in [0.3, 0.4) is 0 Å². The molecule has 1 heterocycles. The predicted molar refractivity (Wildman–Crippen MR) is 85.4 cm³/mol. The van der Waals surface area contributed by atoms with Crippen molar-refractivity contribution >= 4 is 17.8 Å². The molecule has 0 spiro atoms. The minimum Gasteiger partial charge on any atom is -0.478 e. The number of halogens is 1. The Morgan fingerprint density at radius 2 is 1.79 bits per heavy atom. The topological polar surface area (TPSA) is 86.7 Å². The molecule has 1 aliphatic rings. The largest absolute Gasteiger partial charge is 0.478 e. The van der Waals surface area contributed by atoms with E-state index in [1.54, 1.807) is 4.90 Å². The first-order valence-electron chi connectivity index (χ1n) is 8.08. The van der Waals surface area contributed by atoms with Gasteiger partial charge in [0.25, 0.3) is 5.91 Å². The van der Waals surface area contributed by atoms with E-state index in [1.807, 2.05) is 0 Å². The standard InChI is InChI=1S/C17H21FN2O4/c18-14-11-12(17(23)24)5-6-13(14)16(22)19-8-7-15(21)20-9-3-1-2-4-10-20/h5-6,11H,1-4,7-10H2,(H,19,22)(H,23,24). The maximum Gasteiger partial charge on any atom is 0.335 e. The number of carboxylic acid groups (broad SMARTS) is 1. The van der Waals surface area contributed by atoms with E-state index in [2.05, 4.69) is 5.32 Å². The van der Waals surface area contributed by atoms with E-state index in [9.17, 15) is 18.8 Å². The first kappa shape index (κ1) is 17.9. The molecule has 0 atom stereocenters. The van der Waals surface area contributed by atoms with Crippen molar-refractivity contribution in [3.63, 3.8) is 0 Å². The van der Waals surface area contributed by atoms with E-state index in [1.165, 1.54) is 6.07 Å². The average molecular weight is 336 g/mol. The van der Waals surface area contributed by atoms with Crippen LogP contribution < -0.4 is 5.32 Å². The van der Waals surface area contributed by atoms with Crippen LogP contribution in [0.2, 0.25) is 0 Å². The summed E-state index contributed by atoms with van der Waals surface area (Å²) in [6.07, 6.45) is 4.43. The molecule has 1 saturated heterocycles. The Labute approximate surface area is 139 Å². The Balaban J connectivity index is 1.84. The first-order chi connectivity index (χ1) is 11.5. The lowest BCUT2D eigenvalue weighted by Crippen LogP contribution is -2.35. The summed E-state index contributed by atoms with van der Waals surface area (Å²) >= 11 is 0. The van der Waals surface area contributed by atoms with Gasteiger partial charge in [0, 0.05) is 26.1 Å². The molecule has 0 unspecified atom stereocenters. The Morgan fingerprint density at radius 3 is 2.38 bits per heavy atom. The second kappa shape index (κ2) is 8.42. The number of hydrogen-bond acceptors (Lipinski definition) is 3. The van der Waals surface area contributed by atoms with Gasteiger partial charge in [-0.2, -0.15) is 0 Å². The quantitative estimate of drug-likeness (QED) is 0.861. The maximum absolute atomic E-state index is 13.8. The third-order valence-corrected chi connectivity index (χ3v) is 4.04. The van der Waals surface area contributed by atoms with Crippen LogP contribution >= 0.6 is 0 Å². The van der Waals surface area contributed by atoms with Gasteiger partial charge < -0.3 is 15.3 Å². The maximum atomic E-state index is 13.8. The molecular weight excluding hydrogens is 315 g/mol. The van der Waals surface area contributed by atoms with E-state index in [0.29, 0.717) is 0 Å². The fourth-order valence-electron chi connectivity index (χ4n) is 2.69. The molecule has 1 aliphatic heterocycles. The second-order valence-corrected chi connectivity index (χ2v) is 5.80. The number of amides is 2. The molecule has 0 aromatic heterocycles. The lowest BCUT2D eigenvalue weighted by Gasteiger charge is -2.20. The van der Waals surface area contributed by atoms with Crippen molar-refractivity contribution in [2.24, 2.45) is 0 Å². The molecule has 0 bridgehead atoms. The molecule has 2 rings (SSSR count). The summed E-state index contributed by atoms with van der Waals surface area (Å²) in [6, 6.07) is 3.10. The number of carboxylic acids is 1. The van der Waals surface area contributed by atoms with Gasteiger partial charge >= 0.3 is 5.97 Å². The van der Waals surface area contributed by atoms with Crippen molar-refractivity contribution in [1.82, 2.24) is 10.2 Å². The molecule has 24 heavy (non-hydrogen) atoms. The zero-order valence-electron chi connectivity index (χ0n) is 13.4. The zero-order chi connectivity index (χ0) is 17.5. The van der Waals surface area contributed by atoms with E-state index in [-0.39, 0.29) is 30.0 Å². The SMILES string of the molecule is O=C(O)c1ccc(C(=O)NCCC(=O)N2CCCCCC2)c(F)c1. The fourth-order valence-corrected chi connectivity index (χ4v) is 2.69. The summed E-state index contributed by atoms with van der Waals surface area (Å²) < 4.78 is 13.8. The first-order valence-corrected chi connectivity index (χ1v) is 8.08. The average Bonchev–Trinajstić information content (AvgIpc) is 2.83. The molecule has 0 radical (unpaired) electrons. The van der Waals surface area contributed by atoms with E-state index >= 15 is 0 Å². The van der Waals surface area contributed by atoms with Crippen LogP contribution in [0.15, 0.2) is 18.2 Å². The number of aromatic carboxylic acids is 1. The number of nitrogens with one attached hydrogen (secondary N) is 1. The van der Waals surface area contributed by atoms with Gasteiger partial charge in [-0.1, -0.05) is 12.8 Å². The Bertz CT molecular complexity index is 625. The van der Waals surface area contributed by atoms with Crippen LogP contribution in [0.5, 0.6) is 0 Å². The lowest BCUT2D eigenvalue weighted by molar-refractivity contribution is -0.131. The minimum absolute atomic E-state index is 0.0149. The molecule has 0 saturated carbocycles. The van der Waals surface area contributed by atoms with Crippen LogP contribution in [0.25, 0.3) is 0 Å². The van der Waals surface area contributed by atoms with Crippen molar-refractivity contribution in [3.8, 4) is 0 Å². The van der Waals surface area contributed by atoms with Crippen molar-refractivity contribution < 1.29 is 23.9 Å². The van der Waals surface area contributed by atoms with Gasteiger partial charge in [-0.25, -0.2) is 9.18 Å². The van der Waals surface area contributed by atoms with Crippen LogP contribution in [-0.4, -0.2) is 47.4 Å². The number of carbonyl (C=O) groups is 3. The van der Waals surface area contributed by atoms with Crippen molar-refractivity contribution in [3.05, 3.63) is 35.1 Å². The summed E-state index contributed by atoms with van der Waals surface area (Å²) in [5, 5.41) is 11.3. The van der Waals surface area contributed by atoms with Crippen LogP contribution in [0.4, 0.5) is 4.39 Å². The number of likely N-dealkylation sites (tertiary alicyclic amines) is 1. The van der Waals surface area contributed by atoms with Crippen LogP contribution in [0.1, 0.15) is 52.8 Å². The smallest absolute Gasteiger partial charge is 0.335 e. The third kappa shape index (κ3) is 4.78. The summed E-state index contributed by atoms with van der Waals surface area (Å²) in [4.78, 5) is 36.6. The number of nitrogens with zero attached hydrogens (tertiary/aromatic N) is 1. The van der Waals surface area contributed by atoms with Gasteiger partial charge in [0.15, 0.2) is 0 Å². The summed E-state index contributed by atoms with van der Waals surface area (Å²) in [7, 11) is 0. The minimum atomic E-state index is -1.26. The van der Waals surface area contributed by atoms with Crippen LogP contribution in [0, 0.1) is 5.82 Å². The van der Waals surface area contributed by atoms with Crippen molar-refractivity contribution in [1.29, 1.82) is 0 Å². The predicted octanol–water partition coefficient (Wildman–Crippen LogP) is 2.05. The molecule has 2 N–H and O–H groups in total. The Kier molecular flexibility index (Phi) is 6.28. The van der Waals surface area contributed by atoms with Gasteiger partial charge in [-0.3, -0.25) is 9.59 Å². The third-order valence-electron chi connectivity index (χ3n) is 4.04. The number of rotatable bonds is 5. The highest BCUT2D eigenvalue weighted by Crippen LogP contribution is 2.12. The highest BCUT2D eigenvalue weighted by Gasteiger charge is 2.17. The normalized spacial score (nSPS) is 14.8. The van der Waals surface area contributed by atoms with Gasteiger partial charge in [0.1, 0.15) is 5.82 Å². The van der Waals surface area contributed by atoms with E-state index in [4.69, 9.17) is 5.11 Å². The molecular formula is C17H21FN2O4. The second-order valence-electron chi connectivity index (χ2n) is 5.80. The van der Waals surface area contributed by atoms with Gasteiger partial charge in [-0.15, -0.1) is 0 Å². The highest BCUT2D eigenvalue weighted by atomic mass is 19.1. The number of carbonyl (C=O) groups excluding carboxylic acids is 2. The molecule has 1 fully saturated rings. The number of benzene rings is 1. The van der Waals surface area contributed by atoms with Crippen LogP contribution in [-0.2, 0) is 4.79 Å². The monoisotopic (exact) mass is 336 g/mol. The molecule has 1 aromatic rings. The van der Waals surface area contributed by atoms with E-state index in [0.717, 1.165) is 50.9 Å². The van der Waals surface area contributed by atoms with Gasteiger partial charge in [0.05, 0.1) is 11.1 Å². The fraction of sp³-hybridized carbons (Fsp3) is 0.471. The summed E-state index contributed by atoms with van der Waals surface area (Å²) in [6.45, 7) is 1.62. The Hall–Kier alpha value is -2.44. The van der Waals surface area contributed by atoms with E-state index < -0.39 is 17.7 Å². The van der Waals surface area contributed by atoms with Crippen molar-refractivity contribution in [2.75, 3.05) is 19.6 Å². The molecule has 0 aliphatic carbocycles. The molecule has 7 heteroatoms. The van der Waals surface area contributed by atoms with Gasteiger partial charge in [0.2, 0.25) is 5.91 Å². The lowest BCUT2D eigenvalue weighted by atomic mass is 10.1. The zero-order valence-corrected chi connectivity index (χ0v) is 13.4. The summed E-state index contributed by atoms with van der Waals surface area (Å²) in [5.41, 5.74) is -0.456. The van der Waals surface area contributed by atoms with Gasteiger partial charge in [-0.05, 0) is 31.0 Å². The molecule has 2 amide bonds.